The lowest BCUT2D eigenvalue weighted by molar-refractivity contribution is -0.144. The lowest BCUT2D eigenvalue weighted by Gasteiger charge is -2.11. The van der Waals surface area contributed by atoms with Gasteiger partial charge in [0, 0.05) is 6.42 Å². The standard InChI is InChI=1S/C18H17F3O4/c1-23-16-10-13(4-8-15(16)25-18(20)21)11-24-17(22)9-5-12-2-6-14(19)7-3-12/h2-4,6-8,10,18H,5,9,11H2,1H3. The van der Waals surface area contributed by atoms with Crippen molar-refractivity contribution in [3.63, 3.8) is 0 Å². The van der Waals surface area contributed by atoms with Crippen molar-refractivity contribution in [2.75, 3.05) is 7.11 Å². The van der Waals surface area contributed by atoms with Crippen molar-refractivity contribution in [3.05, 3.63) is 59.4 Å². The van der Waals surface area contributed by atoms with Crippen LogP contribution in [-0.4, -0.2) is 19.7 Å². The third-order valence-corrected chi connectivity index (χ3v) is 3.37. The molecule has 2 aromatic rings. The largest absolute Gasteiger partial charge is 0.493 e. The van der Waals surface area contributed by atoms with Gasteiger partial charge < -0.3 is 14.2 Å². The van der Waals surface area contributed by atoms with Gasteiger partial charge in [0.1, 0.15) is 12.4 Å². The summed E-state index contributed by atoms with van der Waals surface area (Å²) in [6, 6.07) is 10.2. The average molecular weight is 354 g/mol. The van der Waals surface area contributed by atoms with E-state index in [4.69, 9.17) is 9.47 Å². The number of esters is 1. The van der Waals surface area contributed by atoms with Crippen molar-refractivity contribution in [1.29, 1.82) is 0 Å². The number of benzene rings is 2. The minimum absolute atomic E-state index is 0.0203. The minimum atomic E-state index is -2.95. The molecule has 4 nitrogen and oxygen atoms in total. The molecule has 134 valence electrons. The Hall–Kier alpha value is -2.70. The molecule has 25 heavy (non-hydrogen) atoms. The highest BCUT2D eigenvalue weighted by atomic mass is 19.3. The molecule has 0 amide bonds. The molecule has 0 unspecified atom stereocenters. The summed E-state index contributed by atoms with van der Waals surface area (Å²) in [5.74, 6) is -0.722. The van der Waals surface area contributed by atoms with Crippen molar-refractivity contribution in [2.24, 2.45) is 0 Å². The number of carbonyl (C=O) groups is 1. The van der Waals surface area contributed by atoms with Gasteiger partial charge in [-0.3, -0.25) is 4.79 Å². The van der Waals surface area contributed by atoms with E-state index in [1.807, 2.05) is 0 Å². The van der Waals surface area contributed by atoms with E-state index in [9.17, 15) is 18.0 Å². The number of hydrogen-bond acceptors (Lipinski definition) is 4. The molecule has 0 fully saturated rings. The average Bonchev–Trinajstić information content (AvgIpc) is 2.60. The molecule has 0 aliphatic heterocycles. The highest BCUT2D eigenvalue weighted by molar-refractivity contribution is 5.69. The summed E-state index contributed by atoms with van der Waals surface area (Å²) in [4.78, 5) is 11.8. The number of carbonyl (C=O) groups excluding carboxylic acids is 1. The zero-order valence-corrected chi connectivity index (χ0v) is 13.5. The molecule has 0 radical (unpaired) electrons. The van der Waals surface area contributed by atoms with E-state index in [1.54, 1.807) is 12.1 Å². The lowest BCUT2D eigenvalue weighted by Crippen LogP contribution is -2.07. The number of halogens is 3. The number of rotatable bonds is 8. The smallest absolute Gasteiger partial charge is 0.387 e. The van der Waals surface area contributed by atoms with Crippen LogP contribution >= 0.6 is 0 Å². The first-order valence-corrected chi connectivity index (χ1v) is 7.49. The Morgan fingerprint density at radius 1 is 1.04 bits per heavy atom. The SMILES string of the molecule is COc1cc(COC(=O)CCc2ccc(F)cc2)ccc1OC(F)F. The van der Waals surface area contributed by atoms with Crippen LogP contribution < -0.4 is 9.47 Å². The molecule has 0 N–H and O–H groups in total. The van der Waals surface area contributed by atoms with Crippen molar-refractivity contribution in [3.8, 4) is 11.5 Å². The molecule has 2 aromatic carbocycles. The molecule has 0 aromatic heterocycles. The van der Waals surface area contributed by atoms with E-state index in [0.717, 1.165) is 5.56 Å². The number of hydrogen-bond donors (Lipinski definition) is 0. The molecule has 0 bridgehead atoms. The molecule has 7 heteroatoms. The van der Waals surface area contributed by atoms with Gasteiger partial charge in [-0.1, -0.05) is 18.2 Å². The maximum atomic E-state index is 12.8. The van der Waals surface area contributed by atoms with Crippen LogP contribution in [-0.2, 0) is 22.6 Å². The summed E-state index contributed by atoms with van der Waals surface area (Å²) in [5.41, 5.74) is 1.40. The Bertz CT molecular complexity index is 702. The Kier molecular flexibility index (Phi) is 6.68. The van der Waals surface area contributed by atoms with Crippen LogP contribution in [0.2, 0.25) is 0 Å². The molecule has 0 saturated carbocycles. The lowest BCUT2D eigenvalue weighted by atomic mass is 10.1. The van der Waals surface area contributed by atoms with Crippen molar-refractivity contribution in [1.82, 2.24) is 0 Å². The van der Waals surface area contributed by atoms with Gasteiger partial charge in [-0.25, -0.2) is 4.39 Å². The number of aryl methyl sites for hydroxylation is 1. The fraction of sp³-hybridized carbons (Fsp3) is 0.278. The van der Waals surface area contributed by atoms with Crippen LogP contribution in [0.1, 0.15) is 17.5 Å². The Balaban J connectivity index is 1.85. The second-order valence-corrected chi connectivity index (χ2v) is 5.15. The number of ether oxygens (including phenoxy) is 3. The molecule has 0 saturated heterocycles. The summed E-state index contributed by atoms with van der Waals surface area (Å²) in [6.07, 6.45) is 0.582. The van der Waals surface area contributed by atoms with Crippen LogP contribution in [0.5, 0.6) is 11.5 Å². The van der Waals surface area contributed by atoms with Gasteiger partial charge in [-0.15, -0.1) is 0 Å². The van der Waals surface area contributed by atoms with Crippen LogP contribution in [0.3, 0.4) is 0 Å². The fourth-order valence-electron chi connectivity index (χ4n) is 2.13. The highest BCUT2D eigenvalue weighted by Gasteiger charge is 2.12. The van der Waals surface area contributed by atoms with E-state index >= 15 is 0 Å². The van der Waals surface area contributed by atoms with E-state index in [1.165, 1.54) is 37.4 Å². The summed E-state index contributed by atoms with van der Waals surface area (Å²) >= 11 is 0. The van der Waals surface area contributed by atoms with E-state index in [0.29, 0.717) is 12.0 Å². The van der Waals surface area contributed by atoms with Crippen LogP contribution in [0.4, 0.5) is 13.2 Å². The van der Waals surface area contributed by atoms with E-state index < -0.39 is 12.6 Å². The van der Waals surface area contributed by atoms with Crippen LogP contribution in [0.15, 0.2) is 42.5 Å². The molecule has 2 rings (SSSR count). The second kappa shape index (κ2) is 8.96. The Morgan fingerprint density at radius 3 is 2.36 bits per heavy atom. The van der Waals surface area contributed by atoms with Gasteiger partial charge in [0.2, 0.25) is 0 Å². The predicted octanol–water partition coefficient (Wildman–Crippen LogP) is 4.11. The van der Waals surface area contributed by atoms with Gasteiger partial charge >= 0.3 is 12.6 Å². The monoisotopic (exact) mass is 354 g/mol. The van der Waals surface area contributed by atoms with Gasteiger partial charge in [0.15, 0.2) is 11.5 Å². The number of alkyl halides is 2. The van der Waals surface area contributed by atoms with Crippen LogP contribution in [0, 0.1) is 5.82 Å². The summed E-state index contributed by atoms with van der Waals surface area (Å²) in [5, 5.41) is 0. The normalized spacial score (nSPS) is 10.6. The Morgan fingerprint density at radius 2 is 1.72 bits per heavy atom. The topological polar surface area (TPSA) is 44.8 Å². The first-order valence-electron chi connectivity index (χ1n) is 7.49. The zero-order valence-electron chi connectivity index (χ0n) is 13.5. The third kappa shape index (κ3) is 6.02. The van der Waals surface area contributed by atoms with Crippen LogP contribution in [0.25, 0.3) is 0 Å². The molecule has 0 spiro atoms. The van der Waals surface area contributed by atoms with E-state index in [2.05, 4.69) is 4.74 Å². The van der Waals surface area contributed by atoms with E-state index in [-0.39, 0.29) is 30.3 Å². The molecule has 0 atom stereocenters. The Labute approximate surface area is 143 Å². The first kappa shape index (κ1) is 18.6. The van der Waals surface area contributed by atoms with Crippen molar-refractivity contribution >= 4 is 5.97 Å². The summed E-state index contributed by atoms with van der Waals surface area (Å²) in [7, 11) is 1.33. The summed E-state index contributed by atoms with van der Waals surface area (Å²) < 4.78 is 51.8. The van der Waals surface area contributed by atoms with Gasteiger partial charge in [-0.05, 0) is 41.8 Å². The maximum absolute atomic E-state index is 12.8. The van der Waals surface area contributed by atoms with Gasteiger partial charge in [0.25, 0.3) is 0 Å². The highest BCUT2D eigenvalue weighted by Crippen LogP contribution is 2.29. The quantitative estimate of drug-likeness (QED) is 0.669. The van der Waals surface area contributed by atoms with Crippen molar-refractivity contribution < 1.29 is 32.2 Å². The predicted molar refractivity (Wildman–Crippen MR) is 84.1 cm³/mol. The minimum Gasteiger partial charge on any atom is -0.493 e. The zero-order chi connectivity index (χ0) is 18.2. The second-order valence-electron chi connectivity index (χ2n) is 5.15. The molecule has 0 aliphatic carbocycles. The van der Waals surface area contributed by atoms with Gasteiger partial charge in [-0.2, -0.15) is 8.78 Å². The molecular formula is C18H17F3O4. The molecule has 0 heterocycles. The fourth-order valence-corrected chi connectivity index (χ4v) is 2.13. The molecular weight excluding hydrogens is 337 g/mol. The first-order chi connectivity index (χ1) is 12.0. The van der Waals surface area contributed by atoms with Gasteiger partial charge in [0.05, 0.1) is 7.11 Å². The molecule has 0 aliphatic rings. The third-order valence-electron chi connectivity index (χ3n) is 3.37. The maximum Gasteiger partial charge on any atom is 0.387 e. The summed E-state index contributed by atoms with van der Waals surface area (Å²) in [6.45, 7) is -2.97. The van der Waals surface area contributed by atoms with Crippen molar-refractivity contribution in [2.45, 2.75) is 26.1 Å². The number of methoxy groups -OCH3 is 1.